The minimum atomic E-state index is -0.384. The van der Waals surface area contributed by atoms with Crippen LogP contribution < -0.4 is 9.47 Å². The summed E-state index contributed by atoms with van der Waals surface area (Å²) in [5, 5.41) is 1.78. The normalized spacial score (nSPS) is 17.7. The highest BCUT2D eigenvalue weighted by molar-refractivity contribution is 14.1. The Kier molecular flexibility index (Phi) is 6.07. The highest BCUT2D eigenvalue weighted by Gasteiger charge is 2.36. The van der Waals surface area contributed by atoms with Crippen molar-refractivity contribution in [1.82, 2.24) is 9.88 Å². The largest absolute Gasteiger partial charge is 0.486 e. The number of aromatic nitrogens is 1. The fourth-order valence-corrected chi connectivity index (χ4v) is 5.20. The molecular weight excluding hydrogens is 579 g/mol. The molecule has 4 aromatic rings. The van der Waals surface area contributed by atoms with Crippen molar-refractivity contribution in [3.05, 3.63) is 92.1 Å². The number of carbonyl (C=O) groups excluding carboxylic acids is 1. The average Bonchev–Trinajstić information content (AvgIpc) is 3.20. The summed E-state index contributed by atoms with van der Waals surface area (Å²) in [6, 6.07) is 20.9. The molecule has 2 aliphatic rings. The number of amides is 1. The SMILES string of the molecule is O=C(Oc1ccc(I)cc1)N1CCc2c([nH]c3ccc(Cl)cc23)[C@@H]1c1ccc(OC2COC2)cc1. The number of rotatable bonds is 4. The predicted octanol–water partition coefficient (Wildman–Crippen LogP) is 6.35. The van der Waals surface area contributed by atoms with E-state index >= 15 is 0 Å². The van der Waals surface area contributed by atoms with Crippen molar-refractivity contribution in [2.45, 2.75) is 18.6 Å². The van der Waals surface area contributed by atoms with Gasteiger partial charge in [0.1, 0.15) is 23.6 Å². The van der Waals surface area contributed by atoms with Gasteiger partial charge in [0.15, 0.2) is 0 Å². The molecule has 35 heavy (non-hydrogen) atoms. The molecule has 6 nitrogen and oxygen atoms in total. The standard InChI is InChI=1S/C27H22ClIN2O4/c28-17-3-10-24-23(13-17)22-11-12-31(27(32)35-20-8-4-18(29)5-9-20)26(25(22)30-24)16-1-6-19(7-2-16)34-21-14-33-15-21/h1-10,13,21,26,30H,11-12,14-15H2/t26-/m0/s1. The Balaban J connectivity index is 1.37. The van der Waals surface area contributed by atoms with Crippen LogP contribution in [0.2, 0.25) is 5.02 Å². The second kappa shape index (κ2) is 9.37. The minimum absolute atomic E-state index is 0.0981. The van der Waals surface area contributed by atoms with Gasteiger partial charge in [-0.05, 0) is 94.7 Å². The Labute approximate surface area is 221 Å². The van der Waals surface area contributed by atoms with E-state index in [2.05, 4.69) is 27.6 Å². The molecule has 1 atom stereocenters. The third-order valence-electron chi connectivity index (χ3n) is 6.45. The maximum Gasteiger partial charge on any atom is 0.416 e. The zero-order chi connectivity index (χ0) is 23.9. The first kappa shape index (κ1) is 22.7. The molecule has 0 aliphatic carbocycles. The molecule has 1 aromatic heterocycles. The number of benzene rings is 3. The average molecular weight is 601 g/mol. The molecule has 1 saturated heterocycles. The van der Waals surface area contributed by atoms with Gasteiger partial charge in [0, 0.05) is 31.7 Å². The fourth-order valence-electron chi connectivity index (χ4n) is 4.67. The zero-order valence-electron chi connectivity index (χ0n) is 18.7. The van der Waals surface area contributed by atoms with Crippen LogP contribution in [0.25, 0.3) is 10.9 Å². The fraction of sp³-hybridized carbons (Fsp3) is 0.222. The van der Waals surface area contributed by atoms with Gasteiger partial charge in [0.25, 0.3) is 0 Å². The Hall–Kier alpha value is -2.75. The summed E-state index contributed by atoms with van der Waals surface area (Å²) in [5.74, 6) is 1.31. The highest BCUT2D eigenvalue weighted by atomic mass is 127. The molecule has 1 N–H and O–H groups in total. The van der Waals surface area contributed by atoms with E-state index < -0.39 is 0 Å². The van der Waals surface area contributed by atoms with E-state index in [9.17, 15) is 4.79 Å². The summed E-state index contributed by atoms with van der Waals surface area (Å²) >= 11 is 8.53. The van der Waals surface area contributed by atoms with Gasteiger partial charge in [-0.15, -0.1) is 0 Å². The van der Waals surface area contributed by atoms with E-state index in [-0.39, 0.29) is 18.2 Å². The van der Waals surface area contributed by atoms with Crippen molar-refractivity contribution < 1.29 is 19.0 Å². The van der Waals surface area contributed by atoms with Crippen molar-refractivity contribution >= 4 is 51.2 Å². The van der Waals surface area contributed by atoms with Crippen molar-refractivity contribution in [3.63, 3.8) is 0 Å². The third-order valence-corrected chi connectivity index (χ3v) is 7.40. The van der Waals surface area contributed by atoms with Crippen LogP contribution in [0.4, 0.5) is 4.79 Å². The summed E-state index contributed by atoms with van der Waals surface area (Å²) in [6.45, 7) is 1.75. The summed E-state index contributed by atoms with van der Waals surface area (Å²) in [7, 11) is 0. The predicted molar refractivity (Wildman–Crippen MR) is 142 cm³/mol. The molecule has 3 heterocycles. The van der Waals surface area contributed by atoms with Gasteiger partial charge >= 0.3 is 6.09 Å². The molecule has 0 saturated carbocycles. The molecule has 8 heteroatoms. The molecule has 0 unspecified atom stereocenters. The smallest absolute Gasteiger partial charge is 0.416 e. The second-order valence-electron chi connectivity index (χ2n) is 8.72. The highest BCUT2D eigenvalue weighted by Crippen LogP contribution is 2.40. The lowest BCUT2D eigenvalue weighted by Crippen LogP contribution is -2.42. The van der Waals surface area contributed by atoms with Crippen LogP contribution >= 0.6 is 34.2 Å². The lowest BCUT2D eigenvalue weighted by atomic mass is 9.92. The number of H-pyrrole nitrogens is 1. The van der Waals surface area contributed by atoms with E-state index in [1.54, 1.807) is 4.90 Å². The first-order valence-electron chi connectivity index (χ1n) is 11.4. The molecule has 0 radical (unpaired) electrons. The number of hydrogen-bond donors (Lipinski definition) is 1. The van der Waals surface area contributed by atoms with Crippen LogP contribution in [0.1, 0.15) is 22.9 Å². The number of aromatic amines is 1. The quantitative estimate of drug-likeness (QED) is 0.277. The lowest BCUT2D eigenvalue weighted by Gasteiger charge is -2.35. The topological polar surface area (TPSA) is 63.8 Å². The molecule has 3 aromatic carbocycles. The monoisotopic (exact) mass is 600 g/mol. The maximum absolute atomic E-state index is 13.4. The molecule has 2 aliphatic heterocycles. The first-order valence-corrected chi connectivity index (χ1v) is 12.9. The van der Waals surface area contributed by atoms with Crippen molar-refractivity contribution in [3.8, 4) is 11.5 Å². The van der Waals surface area contributed by atoms with Crippen molar-refractivity contribution in [1.29, 1.82) is 0 Å². The Morgan fingerprint density at radius 2 is 1.77 bits per heavy atom. The summed E-state index contributed by atoms with van der Waals surface area (Å²) in [4.78, 5) is 18.7. The number of hydrogen-bond acceptors (Lipinski definition) is 4. The number of nitrogens with one attached hydrogen (secondary N) is 1. The van der Waals surface area contributed by atoms with E-state index in [0.717, 1.165) is 31.5 Å². The van der Waals surface area contributed by atoms with Crippen LogP contribution in [-0.2, 0) is 11.2 Å². The number of ether oxygens (including phenoxy) is 3. The molecule has 0 spiro atoms. The molecule has 6 rings (SSSR count). The van der Waals surface area contributed by atoms with Gasteiger partial charge in [-0.2, -0.15) is 0 Å². The van der Waals surface area contributed by atoms with E-state index in [1.165, 1.54) is 5.56 Å². The summed E-state index contributed by atoms with van der Waals surface area (Å²) in [5.41, 5.74) is 4.13. The van der Waals surface area contributed by atoms with Crippen LogP contribution in [0.5, 0.6) is 11.5 Å². The Morgan fingerprint density at radius 1 is 1.03 bits per heavy atom. The number of fused-ring (bicyclic) bond motifs is 3. The van der Waals surface area contributed by atoms with Crippen LogP contribution in [0.3, 0.4) is 0 Å². The van der Waals surface area contributed by atoms with E-state index in [4.69, 9.17) is 25.8 Å². The van der Waals surface area contributed by atoms with Gasteiger partial charge in [0.05, 0.1) is 13.2 Å². The van der Waals surface area contributed by atoms with Crippen LogP contribution in [0, 0.1) is 3.57 Å². The maximum atomic E-state index is 13.4. The van der Waals surface area contributed by atoms with Crippen LogP contribution in [-0.4, -0.2) is 41.8 Å². The van der Waals surface area contributed by atoms with Crippen molar-refractivity contribution in [2.75, 3.05) is 19.8 Å². The summed E-state index contributed by atoms with van der Waals surface area (Å²) in [6.07, 6.45) is 0.420. The van der Waals surface area contributed by atoms with Gasteiger partial charge < -0.3 is 19.2 Å². The van der Waals surface area contributed by atoms with Gasteiger partial charge in [-0.1, -0.05) is 23.7 Å². The minimum Gasteiger partial charge on any atom is -0.486 e. The third kappa shape index (κ3) is 4.48. The summed E-state index contributed by atoms with van der Waals surface area (Å²) < 4.78 is 18.0. The molecule has 178 valence electrons. The zero-order valence-corrected chi connectivity index (χ0v) is 21.6. The van der Waals surface area contributed by atoms with Crippen molar-refractivity contribution in [2.24, 2.45) is 0 Å². The van der Waals surface area contributed by atoms with E-state index in [0.29, 0.717) is 37.0 Å². The Morgan fingerprint density at radius 3 is 2.49 bits per heavy atom. The van der Waals surface area contributed by atoms with Gasteiger partial charge in [0.2, 0.25) is 0 Å². The van der Waals surface area contributed by atoms with Gasteiger partial charge in [-0.3, -0.25) is 4.90 Å². The van der Waals surface area contributed by atoms with Gasteiger partial charge in [-0.25, -0.2) is 4.79 Å². The Bertz CT molecular complexity index is 1380. The van der Waals surface area contributed by atoms with Crippen LogP contribution in [0.15, 0.2) is 66.7 Å². The lowest BCUT2D eigenvalue weighted by molar-refractivity contribution is -0.0796. The number of carbonyl (C=O) groups is 1. The number of halogens is 2. The molecular formula is C27H22ClIN2O4. The first-order chi connectivity index (χ1) is 17.0. The van der Waals surface area contributed by atoms with E-state index in [1.807, 2.05) is 66.7 Å². The number of nitrogens with zero attached hydrogens (tertiary/aromatic N) is 1. The molecule has 1 amide bonds. The molecule has 0 bridgehead atoms. The molecule has 1 fully saturated rings. The second-order valence-corrected chi connectivity index (χ2v) is 10.4.